The number of amides is 1. The van der Waals surface area contributed by atoms with Crippen LogP contribution in [0.4, 0.5) is 0 Å². The van der Waals surface area contributed by atoms with E-state index in [0.29, 0.717) is 5.65 Å². The van der Waals surface area contributed by atoms with Gasteiger partial charge in [0.25, 0.3) is 5.56 Å². The maximum atomic E-state index is 12.8. The van der Waals surface area contributed by atoms with Crippen molar-refractivity contribution in [3.63, 3.8) is 0 Å². The molecular formula is C21H24N4O2. The molecule has 6 nitrogen and oxygen atoms in total. The zero-order valence-corrected chi connectivity index (χ0v) is 16.0. The summed E-state index contributed by atoms with van der Waals surface area (Å²) in [7, 11) is 0. The Kier molecular flexibility index (Phi) is 4.34. The van der Waals surface area contributed by atoms with Gasteiger partial charge in [0.05, 0.1) is 11.4 Å². The van der Waals surface area contributed by atoms with Crippen LogP contribution in [0.15, 0.2) is 35.1 Å². The molecular weight excluding hydrogens is 340 g/mol. The lowest BCUT2D eigenvalue weighted by Crippen LogP contribution is -2.34. The van der Waals surface area contributed by atoms with Crippen LogP contribution >= 0.6 is 0 Å². The van der Waals surface area contributed by atoms with E-state index in [2.05, 4.69) is 5.32 Å². The Morgan fingerprint density at radius 3 is 2.56 bits per heavy atom. The van der Waals surface area contributed by atoms with Gasteiger partial charge in [-0.2, -0.15) is 5.10 Å². The predicted octanol–water partition coefficient (Wildman–Crippen LogP) is 2.65. The van der Waals surface area contributed by atoms with Crippen molar-refractivity contribution < 1.29 is 4.79 Å². The number of hydrogen-bond acceptors (Lipinski definition) is 3. The summed E-state index contributed by atoms with van der Waals surface area (Å²) < 4.78 is 3.33. The van der Waals surface area contributed by atoms with Gasteiger partial charge in [-0.1, -0.05) is 24.6 Å². The Labute approximate surface area is 157 Å². The van der Waals surface area contributed by atoms with Crippen LogP contribution in [0.25, 0.3) is 16.7 Å². The molecule has 2 heterocycles. The minimum atomic E-state index is -0.168. The van der Waals surface area contributed by atoms with Gasteiger partial charge < -0.3 is 5.32 Å². The van der Waals surface area contributed by atoms with Crippen LogP contribution in [0, 0.1) is 13.8 Å². The summed E-state index contributed by atoms with van der Waals surface area (Å²) in [5.41, 5.74) is 4.37. The molecule has 1 aromatic carbocycles. The molecule has 0 radical (unpaired) electrons. The highest BCUT2D eigenvalue weighted by Crippen LogP contribution is 2.25. The van der Waals surface area contributed by atoms with E-state index in [1.807, 2.05) is 45.0 Å². The molecule has 140 valence electrons. The molecule has 1 aliphatic rings. The predicted molar refractivity (Wildman–Crippen MR) is 105 cm³/mol. The van der Waals surface area contributed by atoms with Crippen LogP contribution < -0.4 is 10.9 Å². The quantitative estimate of drug-likeness (QED) is 0.757. The smallest absolute Gasteiger partial charge is 0.252 e. The summed E-state index contributed by atoms with van der Waals surface area (Å²) in [6.45, 7) is 6.02. The monoisotopic (exact) mass is 364 g/mol. The fraction of sp³-hybridized carbons (Fsp3) is 0.381. The lowest BCUT2D eigenvalue weighted by molar-refractivity contribution is -0.121. The molecule has 6 heteroatoms. The zero-order valence-electron chi connectivity index (χ0n) is 16.0. The number of hydrogen-bond donors (Lipinski definition) is 1. The maximum Gasteiger partial charge on any atom is 0.252 e. The molecule has 3 aromatic rings. The molecule has 0 unspecified atom stereocenters. The summed E-state index contributed by atoms with van der Waals surface area (Å²) in [5.74, 6) is -0.126. The number of pyridine rings is 1. The van der Waals surface area contributed by atoms with Crippen molar-refractivity contribution in [1.82, 2.24) is 19.7 Å². The van der Waals surface area contributed by atoms with Gasteiger partial charge >= 0.3 is 0 Å². The normalized spacial score (nSPS) is 13.9. The van der Waals surface area contributed by atoms with Crippen LogP contribution in [0.2, 0.25) is 0 Å². The first-order valence-electron chi connectivity index (χ1n) is 9.46. The molecule has 27 heavy (non-hydrogen) atoms. The highest BCUT2D eigenvalue weighted by Gasteiger charge is 2.25. The van der Waals surface area contributed by atoms with Crippen LogP contribution in [0.5, 0.6) is 0 Å². The van der Waals surface area contributed by atoms with Crippen LogP contribution in [-0.4, -0.2) is 26.3 Å². The molecule has 2 aromatic heterocycles. The van der Waals surface area contributed by atoms with E-state index < -0.39 is 0 Å². The fourth-order valence-electron chi connectivity index (χ4n) is 3.49. The van der Waals surface area contributed by atoms with Gasteiger partial charge in [0.1, 0.15) is 12.2 Å². The molecule has 1 fully saturated rings. The van der Waals surface area contributed by atoms with Crippen molar-refractivity contribution in [1.29, 1.82) is 0 Å². The topological polar surface area (TPSA) is 68.9 Å². The summed E-state index contributed by atoms with van der Waals surface area (Å²) in [4.78, 5) is 25.3. The average molecular weight is 364 g/mol. The summed E-state index contributed by atoms with van der Waals surface area (Å²) >= 11 is 0. The minimum Gasteiger partial charge on any atom is -0.352 e. The van der Waals surface area contributed by atoms with Gasteiger partial charge in [-0.25, -0.2) is 4.68 Å². The molecule has 1 aliphatic carbocycles. The number of fused-ring (bicyclic) bond motifs is 1. The van der Waals surface area contributed by atoms with Gasteiger partial charge in [0.15, 0.2) is 0 Å². The standard InChI is InChI=1S/C21H24N4O2/c1-4-15-11-19(27)24(12-18(26)22-16-7-8-16)21-20(15)14(3)23-25(21)17-9-5-13(2)6-10-17/h5-6,9-11,16H,4,7-8,12H2,1-3H3,(H,22,26). The largest absolute Gasteiger partial charge is 0.352 e. The van der Waals surface area contributed by atoms with E-state index in [1.54, 1.807) is 15.3 Å². The number of carbonyl (C=O) groups excluding carboxylic acids is 1. The van der Waals surface area contributed by atoms with Gasteiger partial charge in [0.2, 0.25) is 5.91 Å². The second-order valence-corrected chi connectivity index (χ2v) is 7.32. The van der Waals surface area contributed by atoms with Crippen molar-refractivity contribution in [2.24, 2.45) is 0 Å². The van der Waals surface area contributed by atoms with E-state index in [1.165, 1.54) is 0 Å². The lowest BCUT2D eigenvalue weighted by atomic mass is 10.1. The molecule has 0 saturated heterocycles. The lowest BCUT2D eigenvalue weighted by Gasteiger charge is -2.13. The van der Waals surface area contributed by atoms with Crippen molar-refractivity contribution in [2.75, 3.05) is 0 Å². The van der Waals surface area contributed by atoms with Crippen LogP contribution in [0.1, 0.15) is 36.6 Å². The van der Waals surface area contributed by atoms with Crippen LogP contribution in [0.3, 0.4) is 0 Å². The fourth-order valence-corrected chi connectivity index (χ4v) is 3.49. The second-order valence-electron chi connectivity index (χ2n) is 7.32. The molecule has 0 atom stereocenters. The molecule has 4 rings (SSSR count). The summed E-state index contributed by atoms with van der Waals surface area (Å²) in [6, 6.07) is 9.91. The van der Waals surface area contributed by atoms with Crippen molar-refractivity contribution >= 4 is 16.9 Å². The molecule has 0 bridgehead atoms. The number of aromatic nitrogens is 3. The van der Waals surface area contributed by atoms with Gasteiger partial charge in [0, 0.05) is 17.5 Å². The highest BCUT2D eigenvalue weighted by atomic mass is 16.2. The second kappa shape index (κ2) is 6.68. The molecule has 0 spiro atoms. The number of nitrogens with one attached hydrogen (secondary N) is 1. The first-order valence-corrected chi connectivity index (χ1v) is 9.46. The number of nitrogens with zero attached hydrogens (tertiary/aromatic N) is 3. The number of carbonyl (C=O) groups is 1. The average Bonchev–Trinajstić information content (AvgIpc) is 3.38. The Morgan fingerprint density at radius 1 is 1.22 bits per heavy atom. The third-order valence-electron chi connectivity index (χ3n) is 5.08. The van der Waals surface area contributed by atoms with E-state index in [0.717, 1.165) is 47.2 Å². The third kappa shape index (κ3) is 3.27. The summed E-state index contributed by atoms with van der Waals surface area (Å²) in [6.07, 6.45) is 2.78. The highest BCUT2D eigenvalue weighted by molar-refractivity contribution is 5.86. The first kappa shape index (κ1) is 17.5. The van der Waals surface area contributed by atoms with Gasteiger partial charge in [-0.3, -0.25) is 14.2 Å². The number of aryl methyl sites for hydroxylation is 3. The number of benzene rings is 1. The van der Waals surface area contributed by atoms with Crippen LogP contribution in [-0.2, 0) is 17.8 Å². The Balaban J connectivity index is 1.92. The van der Waals surface area contributed by atoms with E-state index in [-0.39, 0.29) is 24.1 Å². The van der Waals surface area contributed by atoms with Crippen molar-refractivity contribution in [2.45, 2.75) is 52.6 Å². The Morgan fingerprint density at radius 2 is 1.93 bits per heavy atom. The molecule has 0 aliphatic heterocycles. The Bertz CT molecular complexity index is 1070. The van der Waals surface area contributed by atoms with Gasteiger partial charge in [-0.05, 0) is 50.8 Å². The molecule has 1 N–H and O–H groups in total. The number of rotatable bonds is 5. The maximum absolute atomic E-state index is 12.8. The minimum absolute atomic E-state index is 0.00677. The van der Waals surface area contributed by atoms with E-state index >= 15 is 0 Å². The van der Waals surface area contributed by atoms with Gasteiger partial charge in [-0.15, -0.1) is 0 Å². The molecule has 1 amide bonds. The SMILES string of the molecule is CCc1cc(=O)n(CC(=O)NC2CC2)c2c1c(C)nn2-c1ccc(C)cc1. The Hall–Kier alpha value is -2.89. The first-order chi connectivity index (χ1) is 13.0. The van der Waals surface area contributed by atoms with E-state index in [4.69, 9.17) is 5.10 Å². The molecule has 1 saturated carbocycles. The van der Waals surface area contributed by atoms with E-state index in [9.17, 15) is 9.59 Å². The zero-order chi connectivity index (χ0) is 19.1. The van der Waals surface area contributed by atoms with Crippen molar-refractivity contribution in [3.05, 3.63) is 57.5 Å². The third-order valence-corrected chi connectivity index (χ3v) is 5.08. The summed E-state index contributed by atoms with van der Waals surface area (Å²) in [5, 5.41) is 8.63. The van der Waals surface area contributed by atoms with Crippen molar-refractivity contribution in [3.8, 4) is 5.69 Å².